The second-order valence-electron chi connectivity index (χ2n) is 4.11. The van der Waals surface area contributed by atoms with E-state index in [1.807, 2.05) is 17.0 Å². The number of benzene rings is 1. The van der Waals surface area contributed by atoms with Crippen LogP contribution in [-0.2, 0) is 17.8 Å². The average Bonchev–Trinajstić information content (AvgIpc) is 2.28. The highest BCUT2D eigenvalue weighted by atomic mass is 35.5. The van der Waals surface area contributed by atoms with Gasteiger partial charge in [-0.1, -0.05) is 23.7 Å². The molecule has 0 aliphatic carbocycles. The molecular formula is C12H14ClNO2. The first-order valence-electron chi connectivity index (χ1n) is 5.32. The van der Waals surface area contributed by atoms with Gasteiger partial charge in [0.05, 0.1) is 0 Å². The summed E-state index contributed by atoms with van der Waals surface area (Å²) in [5, 5.41) is 9.71. The van der Waals surface area contributed by atoms with E-state index in [0.29, 0.717) is 6.54 Å². The number of rotatable bonds is 2. The first-order chi connectivity index (χ1) is 7.59. The minimum Gasteiger partial charge on any atom is -0.480 e. The molecule has 0 bridgehead atoms. The minimum absolute atomic E-state index is 0.454. The Labute approximate surface area is 99.6 Å². The lowest BCUT2D eigenvalue weighted by Gasteiger charge is -2.31. The van der Waals surface area contributed by atoms with Crippen LogP contribution in [0.2, 0.25) is 5.02 Å². The summed E-state index contributed by atoms with van der Waals surface area (Å²) in [4.78, 5) is 12.9. The molecule has 16 heavy (non-hydrogen) atoms. The Bertz CT molecular complexity index is 419. The number of hydrogen-bond acceptors (Lipinski definition) is 2. The average molecular weight is 240 g/mol. The van der Waals surface area contributed by atoms with Gasteiger partial charge in [-0.15, -0.1) is 0 Å². The Morgan fingerprint density at radius 2 is 2.31 bits per heavy atom. The largest absolute Gasteiger partial charge is 0.480 e. The summed E-state index contributed by atoms with van der Waals surface area (Å²) in [7, 11) is 0. The normalized spacial score (nSPS) is 17.9. The van der Waals surface area contributed by atoms with E-state index < -0.39 is 12.0 Å². The predicted molar refractivity (Wildman–Crippen MR) is 62.7 cm³/mol. The fourth-order valence-electron chi connectivity index (χ4n) is 2.05. The molecule has 0 aromatic heterocycles. The smallest absolute Gasteiger partial charge is 0.320 e. The highest BCUT2D eigenvalue weighted by molar-refractivity contribution is 6.31. The van der Waals surface area contributed by atoms with E-state index in [-0.39, 0.29) is 0 Å². The number of carboxylic acids is 1. The van der Waals surface area contributed by atoms with Gasteiger partial charge in [0.2, 0.25) is 0 Å². The maximum absolute atomic E-state index is 10.9. The number of nitrogens with zero attached hydrogens (tertiary/aromatic N) is 1. The summed E-state index contributed by atoms with van der Waals surface area (Å²) in [5.41, 5.74) is 2.31. The molecule has 1 aliphatic rings. The molecule has 1 unspecified atom stereocenters. The van der Waals surface area contributed by atoms with Crippen LogP contribution in [0.5, 0.6) is 0 Å². The monoisotopic (exact) mass is 239 g/mol. The summed E-state index contributed by atoms with van der Waals surface area (Å²) in [6, 6.07) is 5.40. The van der Waals surface area contributed by atoms with Crippen LogP contribution >= 0.6 is 11.6 Å². The topological polar surface area (TPSA) is 40.5 Å². The van der Waals surface area contributed by atoms with E-state index in [2.05, 4.69) is 6.07 Å². The maximum atomic E-state index is 10.9. The molecule has 1 aromatic rings. The molecule has 1 aliphatic heterocycles. The second kappa shape index (κ2) is 4.44. The molecule has 2 rings (SSSR count). The third kappa shape index (κ3) is 2.06. The fourth-order valence-corrected chi connectivity index (χ4v) is 2.30. The molecule has 0 saturated heterocycles. The zero-order chi connectivity index (χ0) is 11.7. The van der Waals surface area contributed by atoms with Crippen LogP contribution in [0.3, 0.4) is 0 Å². The van der Waals surface area contributed by atoms with Crippen molar-refractivity contribution in [3.05, 3.63) is 34.3 Å². The quantitative estimate of drug-likeness (QED) is 0.860. The molecule has 1 N–H and O–H groups in total. The van der Waals surface area contributed by atoms with Gasteiger partial charge in [0.15, 0.2) is 0 Å². The van der Waals surface area contributed by atoms with Crippen LogP contribution in [0.15, 0.2) is 18.2 Å². The predicted octanol–water partition coefficient (Wildman–Crippen LogP) is 2.17. The highest BCUT2D eigenvalue weighted by Gasteiger charge is 2.25. The molecule has 4 heteroatoms. The van der Waals surface area contributed by atoms with Crippen LogP contribution in [0.25, 0.3) is 0 Å². The molecule has 0 spiro atoms. The Hall–Kier alpha value is -1.06. The molecule has 0 fully saturated rings. The molecule has 3 nitrogen and oxygen atoms in total. The summed E-state index contributed by atoms with van der Waals surface area (Å²) in [6.45, 7) is 3.12. The van der Waals surface area contributed by atoms with Gasteiger partial charge in [-0.3, -0.25) is 9.69 Å². The minimum atomic E-state index is -0.782. The third-order valence-corrected chi connectivity index (χ3v) is 3.50. The number of halogens is 1. The Morgan fingerprint density at radius 1 is 1.56 bits per heavy atom. The van der Waals surface area contributed by atoms with Gasteiger partial charge in [-0.25, -0.2) is 0 Å². The van der Waals surface area contributed by atoms with Gasteiger partial charge in [-0.2, -0.15) is 0 Å². The number of carboxylic acid groups (broad SMARTS) is 1. The molecule has 1 atom stereocenters. The van der Waals surface area contributed by atoms with Crippen molar-refractivity contribution in [2.75, 3.05) is 6.54 Å². The molecule has 0 saturated carbocycles. The second-order valence-corrected chi connectivity index (χ2v) is 4.52. The Morgan fingerprint density at radius 3 is 3.00 bits per heavy atom. The molecule has 1 heterocycles. The van der Waals surface area contributed by atoms with Crippen LogP contribution in [0, 0.1) is 0 Å². The summed E-state index contributed by atoms with van der Waals surface area (Å²) >= 11 is 6.12. The van der Waals surface area contributed by atoms with E-state index in [0.717, 1.165) is 23.6 Å². The maximum Gasteiger partial charge on any atom is 0.320 e. The Kier molecular flexibility index (Phi) is 3.17. The van der Waals surface area contributed by atoms with Gasteiger partial charge in [0, 0.05) is 18.1 Å². The fraction of sp³-hybridized carbons (Fsp3) is 0.417. The number of aliphatic carboxylic acids is 1. The van der Waals surface area contributed by atoms with Crippen molar-refractivity contribution in [2.24, 2.45) is 0 Å². The summed E-state index contributed by atoms with van der Waals surface area (Å²) in [6.07, 6.45) is 0.869. The van der Waals surface area contributed by atoms with E-state index in [9.17, 15) is 4.79 Å². The van der Waals surface area contributed by atoms with Crippen LogP contribution < -0.4 is 0 Å². The summed E-state index contributed by atoms with van der Waals surface area (Å²) < 4.78 is 0. The van der Waals surface area contributed by atoms with Gasteiger partial charge in [-0.05, 0) is 30.5 Å². The van der Waals surface area contributed by atoms with Gasteiger partial charge in [0.1, 0.15) is 6.04 Å². The van der Waals surface area contributed by atoms with Gasteiger partial charge >= 0.3 is 5.97 Å². The van der Waals surface area contributed by atoms with E-state index in [4.69, 9.17) is 16.7 Å². The molecule has 1 aromatic carbocycles. The summed E-state index contributed by atoms with van der Waals surface area (Å²) in [5.74, 6) is -0.782. The first kappa shape index (κ1) is 11.4. The third-order valence-electron chi connectivity index (χ3n) is 3.15. The van der Waals surface area contributed by atoms with Gasteiger partial charge in [0.25, 0.3) is 0 Å². The lowest BCUT2D eigenvalue weighted by atomic mass is 9.99. The van der Waals surface area contributed by atoms with Crippen molar-refractivity contribution < 1.29 is 9.90 Å². The highest BCUT2D eigenvalue weighted by Crippen LogP contribution is 2.26. The lowest BCUT2D eigenvalue weighted by Crippen LogP contribution is -2.42. The molecule has 0 radical (unpaired) electrons. The van der Waals surface area contributed by atoms with Crippen molar-refractivity contribution in [3.63, 3.8) is 0 Å². The lowest BCUT2D eigenvalue weighted by molar-refractivity contribution is -0.143. The number of fused-ring (bicyclic) bond motifs is 1. The van der Waals surface area contributed by atoms with Crippen LogP contribution in [-0.4, -0.2) is 28.6 Å². The zero-order valence-electron chi connectivity index (χ0n) is 9.11. The first-order valence-corrected chi connectivity index (χ1v) is 5.70. The number of hydrogen-bond donors (Lipinski definition) is 1. The van der Waals surface area contributed by atoms with Crippen molar-refractivity contribution in [1.29, 1.82) is 0 Å². The van der Waals surface area contributed by atoms with E-state index >= 15 is 0 Å². The van der Waals surface area contributed by atoms with Crippen molar-refractivity contribution in [1.82, 2.24) is 4.90 Å². The molecular weight excluding hydrogens is 226 g/mol. The van der Waals surface area contributed by atoms with Crippen LogP contribution in [0.4, 0.5) is 0 Å². The molecule has 86 valence electrons. The van der Waals surface area contributed by atoms with E-state index in [1.165, 1.54) is 5.56 Å². The van der Waals surface area contributed by atoms with Gasteiger partial charge < -0.3 is 5.11 Å². The van der Waals surface area contributed by atoms with Crippen molar-refractivity contribution in [3.8, 4) is 0 Å². The van der Waals surface area contributed by atoms with Crippen molar-refractivity contribution >= 4 is 17.6 Å². The zero-order valence-corrected chi connectivity index (χ0v) is 9.87. The van der Waals surface area contributed by atoms with Crippen LogP contribution in [0.1, 0.15) is 18.1 Å². The van der Waals surface area contributed by atoms with Crippen molar-refractivity contribution in [2.45, 2.75) is 25.9 Å². The number of carbonyl (C=O) groups is 1. The molecule has 0 amide bonds. The Balaban J connectivity index is 2.23. The van der Waals surface area contributed by atoms with E-state index in [1.54, 1.807) is 6.92 Å². The standard InChI is InChI=1S/C12H14ClNO2/c1-8(12(15)16)14-6-5-9-3-2-4-11(13)10(9)7-14/h2-4,8H,5-7H2,1H3,(H,15,16). The SMILES string of the molecule is CC(C(=O)O)N1CCc2cccc(Cl)c2C1.